The van der Waals surface area contributed by atoms with Crippen LogP contribution in [0.2, 0.25) is 0 Å². The van der Waals surface area contributed by atoms with Gasteiger partial charge in [-0.3, -0.25) is 4.79 Å². The van der Waals surface area contributed by atoms with Crippen molar-refractivity contribution in [3.63, 3.8) is 0 Å². The number of rotatable bonds is 7. The number of anilines is 2. The summed E-state index contributed by atoms with van der Waals surface area (Å²) in [5.74, 6) is 1.08. The molecular weight excluding hydrogens is 538 g/mol. The van der Waals surface area contributed by atoms with Crippen LogP contribution in [0.15, 0.2) is 60.7 Å². The number of nitrogens with one attached hydrogen (secondary N) is 3. The van der Waals surface area contributed by atoms with Gasteiger partial charge in [0.2, 0.25) is 5.91 Å². The Kier molecular flexibility index (Phi) is 7.26. The molecule has 0 saturated carbocycles. The Hall–Kier alpha value is -4.37. The Bertz CT molecular complexity index is 1690. The van der Waals surface area contributed by atoms with E-state index in [1.165, 1.54) is 16.7 Å². The van der Waals surface area contributed by atoms with Crippen molar-refractivity contribution in [3.8, 4) is 0 Å². The number of imidazole rings is 1. The molecule has 3 aromatic carbocycles. The number of urea groups is 1. The lowest BCUT2D eigenvalue weighted by Crippen LogP contribution is -2.51. The van der Waals surface area contributed by atoms with Crippen molar-refractivity contribution in [2.24, 2.45) is 0 Å². The van der Waals surface area contributed by atoms with E-state index in [0.717, 1.165) is 66.1 Å². The number of carbonyl (C=O) groups excluding carboxylic acids is 2. The summed E-state index contributed by atoms with van der Waals surface area (Å²) in [7, 11) is 0. The van der Waals surface area contributed by atoms with Crippen LogP contribution in [0.1, 0.15) is 60.2 Å². The third-order valence-corrected chi connectivity index (χ3v) is 9.36. The zero-order valence-corrected chi connectivity index (χ0v) is 24.9. The number of fused-ring (bicyclic) bond motifs is 3. The van der Waals surface area contributed by atoms with Crippen LogP contribution in [-0.2, 0) is 30.8 Å². The molecule has 1 aromatic heterocycles. The number of hydrogen-bond donors (Lipinski definition) is 3. The van der Waals surface area contributed by atoms with Gasteiger partial charge in [0.05, 0.1) is 16.7 Å². The smallest absolute Gasteiger partial charge is 0.322 e. The van der Waals surface area contributed by atoms with E-state index in [2.05, 4.69) is 71.0 Å². The van der Waals surface area contributed by atoms with Crippen molar-refractivity contribution < 1.29 is 9.59 Å². The minimum atomic E-state index is -0.0540. The lowest BCUT2D eigenvalue weighted by Gasteiger charge is -2.40. The highest BCUT2D eigenvalue weighted by molar-refractivity contribution is 5.92. The predicted molar refractivity (Wildman–Crippen MR) is 169 cm³/mol. The maximum atomic E-state index is 13.9. The van der Waals surface area contributed by atoms with Crippen molar-refractivity contribution >= 4 is 34.3 Å². The highest BCUT2D eigenvalue weighted by atomic mass is 16.2. The van der Waals surface area contributed by atoms with E-state index in [1.54, 1.807) is 0 Å². The quantitative estimate of drug-likeness (QED) is 0.268. The number of amides is 3. The third-order valence-electron chi connectivity index (χ3n) is 9.36. The van der Waals surface area contributed by atoms with Crippen molar-refractivity contribution in [3.05, 3.63) is 88.7 Å². The van der Waals surface area contributed by atoms with Gasteiger partial charge < -0.3 is 25.1 Å². The maximum absolute atomic E-state index is 13.9. The van der Waals surface area contributed by atoms with E-state index < -0.39 is 0 Å². The molecule has 1 fully saturated rings. The van der Waals surface area contributed by atoms with Gasteiger partial charge >= 0.3 is 6.03 Å². The second kappa shape index (κ2) is 11.4. The fourth-order valence-electron chi connectivity index (χ4n) is 7.17. The number of carbonyl (C=O) groups is 2. The normalized spacial score (nSPS) is 17.4. The minimum absolute atomic E-state index is 0.0444. The highest BCUT2D eigenvalue weighted by Crippen LogP contribution is 2.33. The molecule has 43 heavy (non-hydrogen) atoms. The first-order chi connectivity index (χ1) is 21.0. The van der Waals surface area contributed by atoms with Crippen LogP contribution in [0.3, 0.4) is 0 Å². The minimum Gasteiger partial charge on any atom is -0.343 e. The molecule has 3 aliphatic rings. The lowest BCUT2D eigenvalue weighted by molar-refractivity contribution is -0.133. The van der Waals surface area contributed by atoms with Crippen LogP contribution in [0.25, 0.3) is 11.0 Å². The van der Waals surface area contributed by atoms with E-state index in [1.807, 2.05) is 34.1 Å². The van der Waals surface area contributed by atoms with E-state index in [-0.39, 0.29) is 23.9 Å². The second-order valence-corrected chi connectivity index (χ2v) is 12.1. The van der Waals surface area contributed by atoms with Crippen molar-refractivity contribution in [2.75, 3.05) is 23.8 Å². The molecule has 3 amide bonds. The first-order valence-corrected chi connectivity index (χ1v) is 15.5. The molecule has 1 atom stereocenters. The Labute approximate surface area is 252 Å². The molecule has 0 bridgehead atoms. The molecule has 3 N–H and O–H groups in total. The first kappa shape index (κ1) is 27.5. The van der Waals surface area contributed by atoms with E-state index in [9.17, 15) is 9.59 Å². The summed E-state index contributed by atoms with van der Waals surface area (Å²) in [5.41, 5.74) is 15.5. The van der Waals surface area contributed by atoms with Gasteiger partial charge in [0, 0.05) is 56.8 Å². The van der Waals surface area contributed by atoms with E-state index in [4.69, 9.17) is 4.98 Å². The number of benzene rings is 3. The molecule has 9 nitrogen and oxygen atoms in total. The highest BCUT2D eigenvalue weighted by Gasteiger charge is 2.34. The summed E-state index contributed by atoms with van der Waals surface area (Å²) >= 11 is 0. The number of aryl methyl sites for hydroxylation is 2. The predicted octanol–water partition coefficient (Wildman–Crippen LogP) is 5.55. The summed E-state index contributed by atoms with van der Waals surface area (Å²) in [6, 6.07) is 20.8. The largest absolute Gasteiger partial charge is 0.343 e. The molecule has 4 heterocycles. The Morgan fingerprint density at radius 2 is 1.84 bits per heavy atom. The average Bonchev–Trinajstić information content (AvgIpc) is 3.65. The molecule has 1 saturated heterocycles. The Morgan fingerprint density at radius 1 is 1.05 bits per heavy atom. The molecule has 0 spiro atoms. The average molecular weight is 578 g/mol. The molecule has 0 radical (unpaired) electrons. The van der Waals surface area contributed by atoms with Gasteiger partial charge in [0.15, 0.2) is 0 Å². The molecule has 3 aliphatic heterocycles. The van der Waals surface area contributed by atoms with Gasteiger partial charge in [-0.05, 0) is 73.6 Å². The topological polar surface area (TPSA) is 94.5 Å². The van der Waals surface area contributed by atoms with Crippen LogP contribution in [0.4, 0.5) is 16.2 Å². The van der Waals surface area contributed by atoms with Crippen LogP contribution in [0, 0.1) is 6.92 Å². The second-order valence-electron chi connectivity index (χ2n) is 12.1. The molecule has 9 heteroatoms. The number of piperidine rings is 1. The van der Waals surface area contributed by atoms with Gasteiger partial charge in [-0.2, -0.15) is 0 Å². The Morgan fingerprint density at radius 3 is 2.67 bits per heavy atom. The molecule has 4 aromatic rings. The zero-order valence-electron chi connectivity index (χ0n) is 24.9. The molecule has 0 aliphatic carbocycles. The van der Waals surface area contributed by atoms with Crippen LogP contribution in [-0.4, -0.2) is 50.4 Å². The van der Waals surface area contributed by atoms with Crippen molar-refractivity contribution in [1.29, 1.82) is 0 Å². The summed E-state index contributed by atoms with van der Waals surface area (Å²) in [6.45, 7) is 7.78. The van der Waals surface area contributed by atoms with Gasteiger partial charge in [0.1, 0.15) is 5.82 Å². The van der Waals surface area contributed by atoms with E-state index >= 15 is 0 Å². The fraction of sp³-hybridized carbons (Fsp3) is 0.382. The molecule has 7 rings (SSSR count). The lowest BCUT2D eigenvalue weighted by atomic mass is 9.91. The fourth-order valence-corrected chi connectivity index (χ4v) is 7.17. The third kappa shape index (κ3) is 5.22. The van der Waals surface area contributed by atoms with Crippen LogP contribution < -0.4 is 16.2 Å². The number of likely N-dealkylation sites (tertiary alicyclic amines) is 1. The van der Waals surface area contributed by atoms with Crippen LogP contribution >= 0.6 is 0 Å². The summed E-state index contributed by atoms with van der Waals surface area (Å²) in [5, 5.41) is 3.04. The van der Waals surface area contributed by atoms with Gasteiger partial charge in [-0.1, -0.05) is 42.5 Å². The van der Waals surface area contributed by atoms with Crippen LogP contribution in [0.5, 0.6) is 0 Å². The standard InChI is InChI=1S/C34H39N7O2/c1-3-40-30-11-7-6-10-29(30)36-33(40)25(17-23-16-22(2)32-26(18-23)20-35-38-32)19-31(42)39-14-12-27(13-15-39)41-21-24-8-4-5-9-28(24)37-34(41)43/h4-11,16,18,25,27,35,38H,3,12-15,17,19-21H2,1-2H3,(H,37,43). The van der Waals surface area contributed by atoms with Gasteiger partial charge in [-0.25, -0.2) is 15.2 Å². The Balaban J connectivity index is 1.10. The molecule has 1 unspecified atom stereocenters. The number of hydrazine groups is 1. The monoisotopic (exact) mass is 577 g/mol. The first-order valence-electron chi connectivity index (χ1n) is 15.5. The summed E-state index contributed by atoms with van der Waals surface area (Å²) in [4.78, 5) is 35.9. The summed E-state index contributed by atoms with van der Waals surface area (Å²) in [6.07, 6.45) is 2.71. The zero-order chi connectivity index (χ0) is 29.5. The molecule has 222 valence electrons. The van der Waals surface area contributed by atoms with Gasteiger partial charge in [0.25, 0.3) is 0 Å². The van der Waals surface area contributed by atoms with Crippen molar-refractivity contribution in [2.45, 2.75) is 71.1 Å². The van der Waals surface area contributed by atoms with E-state index in [0.29, 0.717) is 26.1 Å². The summed E-state index contributed by atoms with van der Waals surface area (Å²) < 4.78 is 2.27. The molecular formula is C34H39N7O2. The SMILES string of the molecule is CCn1c(C(CC(=O)N2CCC(N3Cc4ccccc4NC3=O)CC2)Cc2cc(C)c3c(c2)CNN3)nc2ccccc21. The number of hydrogen-bond acceptors (Lipinski definition) is 5. The number of nitrogens with zero attached hydrogens (tertiary/aromatic N) is 4. The number of para-hydroxylation sites is 3. The van der Waals surface area contributed by atoms with Crippen molar-refractivity contribution in [1.82, 2.24) is 24.8 Å². The maximum Gasteiger partial charge on any atom is 0.322 e. The number of aromatic nitrogens is 2. The van der Waals surface area contributed by atoms with Gasteiger partial charge in [-0.15, -0.1) is 0 Å².